The van der Waals surface area contributed by atoms with E-state index in [-0.39, 0.29) is 5.91 Å². The summed E-state index contributed by atoms with van der Waals surface area (Å²) >= 11 is 2.24. The predicted octanol–water partition coefficient (Wildman–Crippen LogP) is 3.59. The van der Waals surface area contributed by atoms with E-state index in [0.29, 0.717) is 0 Å². The van der Waals surface area contributed by atoms with Gasteiger partial charge in [-0.15, -0.1) is 0 Å². The number of nitrogens with one attached hydrogen (secondary N) is 1. The molecule has 94 valence electrons. The standard InChI is InChI=1S/C16H12INO/c1-12-14(17)8-5-9-15(12)18-16(19)11-10-13-6-3-2-4-7-13/h2-9H,1H3,(H,18,19). The molecule has 0 aromatic heterocycles. The maximum absolute atomic E-state index is 11.8. The first-order chi connectivity index (χ1) is 9.16. The van der Waals surface area contributed by atoms with Crippen molar-refractivity contribution in [2.24, 2.45) is 0 Å². The molecule has 0 heterocycles. The number of carbonyl (C=O) groups is 1. The zero-order valence-corrected chi connectivity index (χ0v) is 12.6. The zero-order valence-electron chi connectivity index (χ0n) is 10.4. The van der Waals surface area contributed by atoms with Crippen LogP contribution in [0.4, 0.5) is 5.69 Å². The highest BCUT2D eigenvalue weighted by Crippen LogP contribution is 2.19. The Morgan fingerprint density at radius 2 is 1.84 bits per heavy atom. The molecule has 0 radical (unpaired) electrons. The largest absolute Gasteiger partial charge is 0.315 e. The monoisotopic (exact) mass is 361 g/mol. The lowest BCUT2D eigenvalue weighted by molar-refractivity contribution is -0.111. The average Bonchev–Trinajstić information content (AvgIpc) is 2.43. The quantitative estimate of drug-likeness (QED) is 0.611. The molecule has 0 atom stereocenters. The fraction of sp³-hybridized carbons (Fsp3) is 0.0625. The second-order valence-corrected chi connectivity index (χ2v) is 5.14. The molecular formula is C16H12INO. The van der Waals surface area contributed by atoms with Crippen molar-refractivity contribution in [2.45, 2.75) is 6.92 Å². The number of benzene rings is 2. The molecule has 0 fully saturated rings. The third-order valence-electron chi connectivity index (χ3n) is 2.61. The van der Waals surface area contributed by atoms with Crippen molar-refractivity contribution in [3.8, 4) is 11.8 Å². The minimum Gasteiger partial charge on any atom is -0.315 e. The highest BCUT2D eigenvalue weighted by atomic mass is 127. The summed E-state index contributed by atoms with van der Waals surface area (Å²) in [5.74, 6) is 5.13. The Kier molecular flexibility index (Phi) is 4.58. The van der Waals surface area contributed by atoms with Crippen molar-refractivity contribution < 1.29 is 4.79 Å². The van der Waals surface area contributed by atoms with Crippen LogP contribution in [-0.4, -0.2) is 5.91 Å². The molecule has 2 aromatic carbocycles. The summed E-state index contributed by atoms with van der Waals surface area (Å²) in [5.41, 5.74) is 2.69. The van der Waals surface area contributed by atoms with Crippen LogP contribution in [0.1, 0.15) is 11.1 Å². The molecule has 19 heavy (non-hydrogen) atoms. The third kappa shape index (κ3) is 3.83. The van der Waals surface area contributed by atoms with E-state index in [1.165, 1.54) is 0 Å². The summed E-state index contributed by atoms with van der Waals surface area (Å²) in [4.78, 5) is 11.8. The van der Waals surface area contributed by atoms with Gasteiger partial charge >= 0.3 is 5.91 Å². The highest BCUT2D eigenvalue weighted by Gasteiger charge is 2.03. The van der Waals surface area contributed by atoms with Gasteiger partial charge in [-0.1, -0.05) is 30.2 Å². The Morgan fingerprint density at radius 1 is 1.11 bits per heavy atom. The average molecular weight is 361 g/mol. The van der Waals surface area contributed by atoms with Crippen molar-refractivity contribution in [3.63, 3.8) is 0 Å². The van der Waals surface area contributed by atoms with Gasteiger partial charge < -0.3 is 5.32 Å². The van der Waals surface area contributed by atoms with E-state index in [9.17, 15) is 4.79 Å². The van der Waals surface area contributed by atoms with Crippen LogP contribution in [-0.2, 0) is 4.79 Å². The summed E-state index contributed by atoms with van der Waals surface area (Å²) in [6, 6.07) is 15.2. The van der Waals surface area contributed by atoms with Gasteiger partial charge in [0.25, 0.3) is 0 Å². The molecule has 0 aliphatic carbocycles. The molecule has 0 saturated heterocycles. The smallest absolute Gasteiger partial charge is 0.300 e. The predicted molar refractivity (Wildman–Crippen MR) is 85.8 cm³/mol. The molecule has 0 aliphatic rings. The van der Waals surface area contributed by atoms with Gasteiger partial charge in [0.05, 0.1) is 0 Å². The van der Waals surface area contributed by atoms with Gasteiger partial charge in [-0.05, 0) is 59.3 Å². The van der Waals surface area contributed by atoms with E-state index in [0.717, 1.165) is 20.4 Å². The number of amides is 1. The van der Waals surface area contributed by atoms with Crippen LogP contribution in [0.15, 0.2) is 48.5 Å². The summed E-state index contributed by atoms with van der Waals surface area (Å²) < 4.78 is 1.12. The highest BCUT2D eigenvalue weighted by molar-refractivity contribution is 14.1. The van der Waals surface area contributed by atoms with E-state index < -0.39 is 0 Å². The SMILES string of the molecule is Cc1c(I)cccc1NC(=O)C#Cc1ccccc1. The molecule has 0 spiro atoms. The van der Waals surface area contributed by atoms with Gasteiger partial charge in [0.1, 0.15) is 0 Å². The molecule has 2 aromatic rings. The van der Waals surface area contributed by atoms with Crippen LogP contribution < -0.4 is 5.32 Å². The molecular weight excluding hydrogens is 349 g/mol. The van der Waals surface area contributed by atoms with Crippen LogP contribution in [0, 0.1) is 22.3 Å². The maximum atomic E-state index is 11.8. The first kappa shape index (κ1) is 13.6. The second kappa shape index (κ2) is 6.39. The van der Waals surface area contributed by atoms with Crippen LogP contribution >= 0.6 is 22.6 Å². The van der Waals surface area contributed by atoms with Crippen molar-refractivity contribution in [1.82, 2.24) is 0 Å². The molecule has 1 N–H and O–H groups in total. The summed E-state index contributed by atoms with van der Waals surface area (Å²) in [6.07, 6.45) is 0. The fourth-order valence-corrected chi connectivity index (χ4v) is 2.05. The lowest BCUT2D eigenvalue weighted by Crippen LogP contribution is -2.10. The van der Waals surface area contributed by atoms with Crippen molar-refractivity contribution >= 4 is 34.2 Å². The number of carbonyl (C=O) groups excluding carboxylic acids is 1. The van der Waals surface area contributed by atoms with E-state index >= 15 is 0 Å². The Hall–Kier alpha value is -1.80. The molecule has 1 amide bonds. The molecule has 0 saturated carbocycles. The minimum atomic E-state index is -0.297. The lowest BCUT2D eigenvalue weighted by atomic mass is 10.2. The van der Waals surface area contributed by atoms with Gasteiger partial charge in [0.15, 0.2) is 0 Å². The number of anilines is 1. The number of hydrogen-bond donors (Lipinski definition) is 1. The van der Waals surface area contributed by atoms with Crippen molar-refractivity contribution in [1.29, 1.82) is 0 Å². The van der Waals surface area contributed by atoms with Crippen LogP contribution in [0.5, 0.6) is 0 Å². The van der Waals surface area contributed by atoms with E-state index in [1.807, 2.05) is 55.5 Å². The minimum absolute atomic E-state index is 0.297. The van der Waals surface area contributed by atoms with Gasteiger partial charge in [-0.25, -0.2) is 0 Å². The normalized spacial score (nSPS) is 9.37. The van der Waals surface area contributed by atoms with Crippen molar-refractivity contribution in [3.05, 3.63) is 63.2 Å². The van der Waals surface area contributed by atoms with Gasteiger partial charge in [0, 0.05) is 20.7 Å². The number of halogens is 1. The second-order valence-electron chi connectivity index (χ2n) is 3.98. The Labute approximate surface area is 126 Å². The Morgan fingerprint density at radius 3 is 2.58 bits per heavy atom. The van der Waals surface area contributed by atoms with Crippen LogP contribution in [0.2, 0.25) is 0 Å². The summed E-state index contributed by atoms with van der Waals surface area (Å²) in [5, 5.41) is 2.80. The fourth-order valence-electron chi connectivity index (χ4n) is 1.55. The molecule has 3 heteroatoms. The van der Waals surface area contributed by atoms with Gasteiger partial charge in [0.2, 0.25) is 0 Å². The molecule has 0 aliphatic heterocycles. The first-order valence-electron chi connectivity index (χ1n) is 5.80. The molecule has 0 bridgehead atoms. The lowest BCUT2D eigenvalue weighted by Gasteiger charge is -2.06. The summed E-state index contributed by atoms with van der Waals surface area (Å²) in [6.45, 7) is 1.97. The van der Waals surface area contributed by atoms with Gasteiger partial charge in [-0.3, -0.25) is 4.79 Å². The molecule has 2 rings (SSSR count). The van der Waals surface area contributed by atoms with E-state index in [4.69, 9.17) is 0 Å². The Bertz CT molecular complexity index is 653. The van der Waals surface area contributed by atoms with E-state index in [1.54, 1.807) is 0 Å². The number of hydrogen-bond acceptors (Lipinski definition) is 1. The molecule has 2 nitrogen and oxygen atoms in total. The first-order valence-corrected chi connectivity index (χ1v) is 6.88. The molecule has 0 unspecified atom stereocenters. The van der Waals surface area contributed by atoms with Crippen LogP contribution in [0.3, 0.4) is 0 Å². The van der Waals surface area contributed by atoms with Crippen LogP contribution in [0.25, 0.3) is 0 Å². The Balaban J connectivity index is 2.11. The van der Waals surface area contributed by atoms with Crippen molar-refractivity contribution in [2.75, 3.05) is 5.32 Å². The maximum Gasteiger partial charge on any atom is 0.300 e. The van der Waals surface area contributed by atoms with Gasteiger partial charge in [-0.2, -0.15) is 0 Å². The topological polar surface area (TPSA) is 29.1 Å². The third-order valence-corrected chi connectivity index (χ3v) is 3.78. The summed E-state index contributed by atoms with van der Waals surface area (Å²) in [7, 11) is 0. The zero-order chi connectivity index (χ0) is 13.7. The number of rotatable bonds is 1. The van der Waals surface area contributed by atoms with E-state index in [2.05, 4.69) is 39.7 Å².